The predicted octanol–water partition coefficient (Wildman–Crippen LogP) is 2.70. The minimum Gasteiger partial charge on any atom is -0.497 e. The van der Waals surface area contributed by atoms with Crippen LogP contribution < -0.4 is 15.8 Å². The number of imidazole rings is 1. The summed E-state index contributed by atoms with van der Waals surface area (Å²) >= 11 is 0. The average Bonchev–Trinajstić information content (AvgIpc) is 3.23. The highest BCUT2D eigenvalue weighted by Gasteiger charge is 2.28. The highest BCUT2D eigenvalue weighted by atomic mass is 16.5. The standard InChI is InChI=1S/C24H29N7O2/c1-30(2)13-5-8-20-28-22(25)21-23(29-20)31(15-26-21)18-11-9-16(10-12-18)24(32)27-17-6-4-7-19(14-17)33-3/h4,6-7,14-16,18H,9-13H2,1-3H3,(H,27,32)(H2,25,28,29)/t16-,18+. The van der Waals surface area contributed by atoms with Crippen LogP contribution in [0.15, 0.2) is 30.6 Å². The van der Waals surface area contributed by atoms with E-state index in [1.54, 1.807) is 13.4 Å². The summed E-state index contributed by atoms with van der Waals surface area (Å²) in [6.07, 6.45) is 5.06. The summed E-state index contributed by atoms with van der Waals surface area (Å²) in [5.41, 5.74) is 8.15. The molecule has 0 radical (unpaired) electrons. The lowest BCUT2D eigenvalue weighted by atomic mass is 9.85. The Hall–Kier alpha value is -3.64. The van der Waals surface area contributed by atoms with Gasteiger partial charge in [-0.1, -0.05) is 12.0 Å². The number of benzene rings is 1. The quantitative estimate of drug-likeness (QED) is 0.579. The van der Waals surface area contributed by atoms with Gasteiger partial charge in [0, 0.05) is 23.7 Å². The van der Waals surface area contributed by atoms with Gasteiger partial charge < -0.3 is 20.4 Å². The van der Waals surface area contributed by atoms with Crippen molar-refractivity contribution in [1.29, 1.82) is 0 Å². The lowest BCUT2D eigenvalue weighted by molar-refractivity contribution is -0.120. The van der Waals surface area contributed by atoms with E-state index >= 15 is 0 Å². The summed E-state index contributed by atoms with van der Waals surface area (Å²) < 4.78 is 7.29. The largest absolute Gasteiger partial charge is 0.497 e. The molecule has 9 heteroatoms. The van der Waals surface area contributed by atoms with Gasteiger partial charge >= 0.3 is 0 Å². The van der Waals surface area contributed by atoms with E-state index in [1.165, 1.54) is 0 Å². The number of hydrogen-bond acceptors (Lipinski definition) is 7. The average molecular weight is 448 g/mol. The summed E-state index contributed by atoms with van der Waals surface area (Å²) in [6.45, 7) is 0.613. The first-order chi connectivity index (χ1) is 15.9. The van der Waals surface area contributed by atoms with Gasteiger partial charge in [0.15, 0.2) is 11.5 Å². The van der Waals surface area contributed by atoms with Crippen molar-refractivity contribution in [1.82, 2.24) is 24.4 Å². The number of ether oxygens (including phenoxy) is 1. The molecule has 0 unspecified atom stereocenters. The molecule has 1 aliphatic rings. The second kappa shape index (κ2) is 9.88. The molecule has 1 aromatic carbocycles. The first-order valence-electron chi connectivity index (χ1n) is 11.0. The van der Waals surface area contributed by atoms with Crippen LogP contribution in [0, 0.1) is 17.8 Å². The van der Waals surface area contributed by atoms with Crippen molar-refractivity contribution in [3.63, 3.8) is 0 Å². The molecule has 0 aliphatic heterocycles. The van der Waals surface area contributed by atoms with Crippen LogP contribution in [-0.2, 0) is 4.79 Å². The van der Waals surface area contributed by atoms with Crippen molar-refractivity contribution in [2.75, 3.05) is 38.8 Å². The molecule has 0 spiro atoms. The van der Waals surface area contributed by atoms with Crippen LogP contribution in [0.2, 0.25) is 0 Å². The molecule has 33 heavy (non-hydrogen) atoms. The molecule has 2 aromatic heterocycles. The summed E-state index contributed by atoms with van der Waals surface area (Å²) in [7, 11) is 5.52. The smallest absolute Gasteiger partial charge is 0.227 e. The molecule has 9 nitrogen and oxygen atoms in total. The Morgan fingerprint density at radius 2 is 2.06 bits per heavy atom. The number of rotatable bonds is 5. The molecule has 4 rings (SSSR count). The van der Waals surface area contributed by atoms with E-state index in [0.717, 1.165) is 37.1 Å². The molecule has 2 heterocycles. The van der Waals surface area contributed by atoms with Crippen molar-refractivity contribution in [2.24, 2.45) is 5.92 Å². The van der Waals surface area contributed by atoms with Gasteiger partial charge in [-0.3, -0.25) is 9.69 Å². The molecule has 0 atom stereocenters. The third-order valence-corrected chi connectivity index (χ3v) is 5.84. The summed E-state index contributed by atoms with van der Waals surface area (Å²) in [5.74, 6) is 7.49. The highest BCUT2D eigenvalue weighted by molar-refractivity contribution is 5.92. The fourth-order valence-corrected chi connectivity index (χ4v) is 4.10. The number of carbonyl (C=O) groups excluding carboxylic acids is 1. The second-order valence-electron chi connectivity index (χ2n) is 8.52. The van der Waals surface area contributed by atoms with Gasteiger partial charge in [0.2, 0.25) is 11.7 Å². The Morgan fingerprint density at radius 1 is 1.27 bits per heavy atom. The van der Waals surface area contributed by atoms with E-state index in [1.807, 2.05) is 43.3 Å². The lowest BCUT2D eigenvalue weighted by Gasteiger charge is -2.28. The Morgan fingerprint density at radius 3 is 2.79 bits per heavy atom. The number of methoxy groups -OCH3 is 1. The Balaban J connectivity index is 1.44. The van der Waals surface area contributed by atoms with Gasteiger partial charge in [-0.05, 0) is 57.8 Å². The highest BCUT2D eigenvalue weighted by Crippen LogP contribution is 2.35. The molecule has 1 aliphatic carbocycles. The summed E-state index contributed by atoms with van der Waals surface area (Å²) in [6, 6.07) is 7.61. The van der Waals surface area contributed by atoms with Gasteiger partial charge in [0.05, 0.1) is 20.0 Å². The fourth-order valence-electron chi connectivity index (χ4n) is 4.10. The van der Waals surface area contributed by atoms with Gasteiger partial charge in [-0.2, -0.15) is 0 Å². The topological polar surface area (TPSA) is 111 Å². The van der Waals surface area contributed by atoms with Crippen molar-refractivity contribution in [3.8, 4) is 17.6 Å². The van der Waals surface area contributed by atoms with Crippen LogP contribution in [0.1, 0.15) is 37.5 Å². The fraction of sp³-hybridized carbons (Fsp3) is 0.417. The van der Waals surface area contributed by atoms with Crippen LogP contribution in [0.3, 0.4) is 0 Å². The molecule has 3 aromatic rings. The van der Waals surface area contributed by atoms with Crippen molar-refractivity contribution < 1.29 is 9.53 Å². The number of nitrogens with one attached hydrogen (secondary N) is 1. The van der Waals surface area contributed by atoms with Gasteiger partial charge in [-0.15, -0.1) is 0 Å². The van der Waals surface area contributed by atoms with E-state index < -0.39 is 0 Å². The number of hydrogen-bond donors (Lipinski definition) is 2. The molecular weight excluding hydrogens is 418 g/mol. The molecule has 1 amide bonds. The minimum absolute atomic E-state index is 0.0330. The Kier molecular flexibility index (Phi) is 6.75. The van der Waals surface area contributed by atoms with Crippen molar-refractivity contribution >= 4 is 28.6 Å². The molecular formula is C24H29N7O2. The van der Waals surface area contributed by atoms with Crippen LogP contribution in [0.4, 0.5) is 11.5 Å². The van der Waals surface area contributed by atoms with Crippen LogP contribution >= 0.6 is 0 Å². The minimum atomic E-state index is -0.0330. The SMILES string of the molecule is COc1cccc(NC(=O)[C@H]2CC[C@@H](n3cnc4c(N)nc(C#CCN(C)C)nc43)CC2)c1. The second-order valence-corrected chi connectivity index (χ2v) is 8.52. The summed E-state index contributed by atoms with van der Waals surface area (Å²) in [5, 5.41) is 3.01. The van der Waals surface area contributed by atoms with Gasteiger partial charge in [-0.25, -0.2) is 15.0 Å². The number of anilines is 2. The predicted molar refractivity (Wildman–Crippen MR) is 128 cm³/mol. The zero-order chi connectivity index (χ0) is 23.4. The maximum atomic E-state index is 12.8. The molecule has 0 bridgehead atoms. The first-order valence-corrected chi connectivity index (χ1v) is 11.0. The zero-order valence-electron chi connectivity index (χ0n) is 19.2. The number of amides is 1. The molecule has 172 valence electrons. The van der Waals surface area contributed by atoms with Gasteiger partial charge in [0.25, 0.3) is 0 Å². The van der Waals surface area contributed by atoms with E-state index in [9.17, 15) is 4.79 Å². The molecule has 3 N–H and O–H groups in total. The number of nitrogen functional groups attached to an aromatic ring is 1. The van der Waals surface area contributed by atoms with E-state index in [0.29, 0.717) is 29.4 Å². The Bertz CT molecular complexity index is 1200. The zero-order valence-corrected chi connectivity index (χ0v) is 19.2. The van der Waals surface area contributed by atoms with Gasteiger partial charge in [0.1, 0.15) is 11.3 Å². The maximum Gasteiger partial charge on any atom is 0.227 e. The normalized spacial score (nSPS) is 18.1. The number of fused-ring (bicyclic) bond motifs is 1. The third-order valence-electron chi connectivity index (χ3n) is 5.84. The van der Waals surface area contributed by atoms with Crippen molar-refractivity contribution in [2.45, 2.75) is 31.7 Å². The number of carbonyl (C=O) groups is 1. The monoisotopic (exact) mass is 447 g/mol. The van der Waals surface area contributed by atoms with E-state index in [4.69, 9.17) is 10.5 Å². The van der Waals surface area contributed by atoms with Crippen LogP contribution in [-0.4, -0.2) is 58.1 Å². The number of aromatic nitrogens is 4. The van der Waals surface area contributed by atoms with Crippen LogP contribution in [0.5, 0.6) is 5.75 Å². The van der Waals surface area contributed by atoms with Crippen LogP contribution in [0.25, 0.3) is 11.2 Å². The maximum absolute atomic E-state index is 12.8. The third kappa shape index (κ3) is 5.23. The number of nitrogens with two attached hydrogens (primary N) is 1. The first kappa shape index (κ1) is 22.6. The molecule has 1 fully saturated rings. The van der Waals surface area contributed by atoms with E-state index in [2.05, 4.69) is 36.7 Å². The van der Waals surface area contributed by atoms with E-state index in [-0.39, 0.29) is 17.9 Å². The summed E-state index contributed by atoms with van der Waals surface area (Å²) in [4.78, 5) is 28.1. The lowest BCUT2D eigenvalue weighted by Crippen LogP contribution is -2.28. The number of nitrogens with zero attached hydrogens (tertiary/aromatic N) is 5. The van der Waals surface area contributed by atoms with Crippen molar-refractivity contribution in [3.05, 3.63) is 36.4 Å². The Labute approximate surface area is 193 Å². The molecule has 0 saturated heterocycles. The molecule has 1 saturated carbocycles.